The third-order valence-electron chi connectivity index (χ3n) is 2.83. The van der Waals surface area contributed by atoms with E-state index in [0.29, 0.717) is 0 Å². The van der Waals surface area contributed by atoms with Crippen LogP contribution in [0.2, 0.25) is 0 Å². The summed E-state index contributed by atoms with van der Waals surface area (Å²) in [5, 5.41) is 12.3. The van der Waals surface area contributed by atoms with Gasteiger partial charge in [0.2, 0.25) is 5.91 Å². The standard InChI is InChI=1S/C13H20N2O2/c1-3-10-4-6-11(7-5-10)9(2)15-8-12(16)13(14)17/h4-7,9,12,15-16H,3,8H2,1-2H3,(H2,14,17). The Labute approximate surface area is 102 Å². The second kappa shape index (κ2) is 6.37. The predicted molar refractivity (Wildman–Crippen MR) is 67.4 cm³/mol. The number of primary amides is 1. The number of hydrogen-bond donors (Lipinski definition) is 3. The van der Waals surface area contributed by atoms with E-state index in [-0.39, 0.29) is 12.6 Å². The van der Waals surface area contributed by atoms with Gasteiger partial charge in [-0.25, -0.2) is 0 Å². The Hall–Kier alpha value is -1.39. The quantitative estimate of drug-likeness (QED) is 0.682. The van der Waals surface area contributed by atoms with Crippen molar-refractivity contribution >= 4 is 5.91 Å². The van der Waals surface area contributed by atoms with Crippen LogP contribution in [0.5, 0.6) is 0 Å². The topological polar surface area (TPSA) is 75.3 Å². The van der Waals surface area contributed by atoms with Gasteiger partial charge in [-0.1, -0.05) is 31.2 Å². The van der Waals surface area contributed by atoms with Crippen molar-refractivity contribution in [3.05, 3.63) is 35.4 Å². The van der Waals surface area contributed by atoms with Crippen molar-refractivity contribution in [1.29, 1.82) is 0 Å². The number of aliphatic hydroxyl groups excluding tert-OH is 1. The lowest BCUT2D eigenvalue weighted by Crippen LogP contribution is -2.38. The highest BCUT2D eigenvalue weighted by Crippen LogP contribution is 2.13. The molecule has 0 heterocycles. The molecule has 1 rings (SSSR count). The van der Waals surface area contributed by atoms with Crippen LogP contribution in [-0.2, 0) is 11.2 Å². The van der Waals surface area contributed by atoms with Crippen molar-refractivity contribution in [2.45, 2.75) is 32.4 Å². The molecule has 1 aromatic carbocycles. The van der Waals surface area contributed by atoms with E-state index in [2.05, 4.69) is 24.4 Å². The summed E-state index contributed by atoms with van der Waals surface area (Å²) in [5.74, 6) is -0.703. The Balaban J connectivity index is 2.51. The molecule has 1 aromatic rings. The first-order valence-electron chi connectivity index (χ1n) is 5.84. The molecule has 0 fully saturated rings. The Morgan fingerprint density at radius 2 is 2.00 bits per heavy atom. The van der Waals surface area contributed by atoms with Gasteiger partial charge >= 0.3 is 0 Å². The lowest BCUT2D eigenvalue weighted by atomic mass is 10.0. The maximum absolute atomic E-state index is 10.7. The number of hydrogen-bond acceptors (Lipinski definition) is 3. The highest BCUT2D eigenvalue weighted by Gasteiger charge is 2.12. The Bertz CT molecular complexity index is 362. The SMILES string of the molecule is CCc1ccc(C(C)NCC(O)C(N)=O)cc1. The van der Waals surface area contributed by atoms with Crippen LogP contribution in [0.25, 0.3) is 0 Å². The van der Waals surface area contributed by atoms with Crippen molar-refractivity contribution in [3.8, 4) is 0 Å². The van der Waals surface area contributed by atoms with Gasteiger partial charge in [0, 0.05) is 12.6 Å². The summed E-state index contributed by atoms with van der Waals surface area (Å²) in [6, 6.07) is 8.34. The first-order chi connectivity index (χ1) is 8.04. The van der Waals surface area contributed by atoms with Gasteiger partial charge < -0.3 is 16.2 Å². The zero-order valence-electron chi connectivity index (χ0n) is 10.3. The second-order valence-electron chi connectivity index (χ2n) is 4.14. The third kappa shape index (κ3) is 4.17. The first-order valence-corrected chi connectivity index (χ1v) is 5.84. The molecule has 17 heavy (non-hydrogen) atoms. The molecule has 0 bridgehead atoms. The second-order valence-corrected chi connectivity index (χ2v) is 4.14. The van der Waals surface area contributed by atoms with E-state index in [9.17, 15) is 9.90 Å². The fourth-order valence-corrected chi connectivity index (χ4v) is 1.55. The summed E-state index contributed by atoms with van der Waals surface area (Å²) < 4.78 is 0. The Kier molecular flexibility index (Phi) is 5.12. The lowest BCUT2D eigenvalue weighted by molar-refractivity contribution is -0.125. The van der Waals surface area contributed by atoms with Gasteiger partial charge in [-0.3, -0.25) is 4.79 Å². The number of nitrogens with two attached hydrogens (primary N) is 1. The number of amides is 1. The maximum atomic E-state index is 10.7. The van der Waals surface area contributed by atoms with Gasteiger partial charge in [0.15, 0.2) is 0 Å². The van der Waals surface area contributed by atoms with Crippen LogP contribution in [-0.4, -0.2) is 23.7 Å². The highest BCUT2D eigenvalue weighted by atomic mass is 16.3. The summed E-state index contributed by atoms with van der Waals surface area (Å²) in [7, 11) is 0. The molecule has 4 nitrogen and oxygen atoms in total. The van der Waals surface area contributed by atoms with Gasteiger partial charge in [0.05, 0.1) is 0 Å². The van der Waals surface area contributed by atoms with E-state index in [1.54, 1.807) is 0 Å². The van der Waals surface area contributed by atoms with Crippen LogP contribution in [0.15, 0.2) is 24.3 Å². The third-order valence-corrected chi connectivity index (χ3v) is 2.83. The largest absolute Gasteiger partial charge is 0.382 e. The average Bonchev–Trinajstić information content (AvgIpc) is 2.35. The van der Waals surface area contributed by atoms with E-state index in [1.165, 1.54) is 5.56 Å². The minimum Gasteiger partial charge on any atom is -0.382 e. The average molecular weight is 236 g/mol. The molecule has 2 unspecified atom stereocenters. The van der Waals surface area contributed by atoms with Gasteiger partial charge in [0.1, 0.15) is 6.10 Å². The predicted octanol–water partition coefficient (Wildman–Crippen LogP) is 0.746. The normalized spacial score (nSPS) is 14.3. The number of aryl methyl sites for hydroxylation is 1. The smallest absolute Gasteiger partial charge is 0.247 e. The molecule has 0 aliphatic carbocycles. The van der Waals surface area contributed by atoms with E-state index in [4.69, 9.17) is 5.73 Å². The van der Waals surface area contributed by atoms with E-state index in [1.807, 2.05) is 19.1 Å². The number of nitrogens with one attached hydrogen (secondary N) is 1. The van der Waals surface area contributed by atoms with Crippen LogP contribution in [0.3, 0.4) is 0 Å². The molecular formula is C13H20N2O2. The molecule has 1 amide bonds. The van der Waals surface area contributed by atoms with Crippen molar-refractivity contribution in [1.82, 2.24) is 5.32 Å². The molecule has 4 heteroatoms. The monoisotopic (exact) mass is 236 g/mol. The van der Waals surface area contributed by atoms with Crippen molar-refractivity contribution in [3.63, 3.8) is 0 Å². The van der Waals surface area contributed by atoms with Gasteiger partial charge in [-0.15, -0.1) is 0 Å². The first kappa shape index (κ1) is 13.7. The van der Waals surface area contributed by atoms with Crippen LogP contribution >= 0.6 is 0 Å². The molecule has 0 aliphatic rings. The number of rotatable bonds is 6. The zero-order valence-corrected chi connectivity index (χ0v) is 10.3. The molecule has 0 saturated heterocycles. The summed E-state index contributed by atoms with van der Waals surface area (Å²) in [4.78, 5) is 10.7. The van der Waals surface area contributed by atoms with E-state index in [0.717, 1.165) is 12.0 Å². The molecule has 0 radical (unpaired) electrons. The molecule has 94 valence electrons. The van der Waals surface area contributed by atoms with Crippen molar-refractivity contribution < 1.29 is 9.90 Å². The van der Waals surface area contributed by atoms with Crippen LogP contribution in [0.1, 0.15) is 31.0 Å². The minimum atomic E-state index is -1.13. The number of benzene rings is 1. The zero-order chi connectivity index (χ0) is 12.8. The molecular weight excluding hydrogens is 216 g/mol. The van der Waals surface area contributed by atoms with Gasteiger partial charge in [0.25, 0.3) is 0 Å². The summed E-state index contributed by atoms with van der Waals surface area (Å²) in [6.07, 6.45) is -0.116. The number of carbonyl (C=O) groups is 1. The lowest BCUT2D eigenvalue weighted by Gasteiger charge is -2.16. The van der Waals surface area contributed by atoms with Crippen LogP contribution < -0.4 is 11.1 Å². The number of aliphatic hydroxyl groups is 1. The molecule has 0 saturated carbocycles. The Morgan fingerprint density at radius 1 is 1.41 bits per heavy atom. The molecule has 0 aromatic heterocycles. The minimum absolute atomic E-state index is 0.0786. The molecule has 2 atom stereocenters. The molecule has 4 N–H and O–H groups in total. The number of carbonyl (C=O) groups excluding carboxylic acids is 1. The van der Waals surface area contributed by atoms with Crippen LogP contribution in [0, 0.1) is 0 Å². The van der Waals surface area contributed by atoms with Gasteiger partial charge in [-0.05, 0) is 24.5 Å². The maximum Gasteiger partial charge on any atom is 0.247 e. The summed E-state index contributed by atoms with van der Waals surface area (Å²) in [5.41, 5.74) is 7.38. The van der Waals surface area contributed by atoms with Crippen molar-refractivity contribution in [2.75, 3.05) is 6.54 Å². The van der Waals surface area contributed by atoms with E-state index < -0.39 is 12.0 Å². The van der Waals surface area contributed by atoms with E-state index >= 15 is 0 Å². The highest BCUT2D eigenvalue weighted by molar-refractivity contribution is 5.78. The summed E-state index contributed by atoms with van der Waals surface area (Å²) in [6.45, 7) is 4.26. The Morgan fingerprint density at radius 3 is 2.47 bits per heavy atom. The molecule has 0 spiro atoms. The van der Waals surface area contributed by atoms with Gasteiger partial charge in [-0.2, -0.15) is 0 Å². The molecule has 0 aliphatic heterocycles. The summed E-state index contributed by atoms with van der Waals surface area (Å²) >= 11 is 0. The van der Waals surface area contributed by atoms with Crippen molar-refractivity contribution in [2.24, 2.45) is 5.73 Å². The van der Waals surface area contributed by atoms with Crippen LogP contribution in [0.4, 0.5) is 0 Å². The fourth-order valence-electron chi connectivity index (χ4n) is 1.55. The fraction of sp³-hybridized carbons (Fsp3) is 0.462.